The maximum atomic E-state index is 14.2. The van der Waals surface area contributed by atoms with Crippen molar-refractivity contribution in [3.63, 3.8) is 0 Å². The van der Waals surface area contributed by atoms with Gasteiger partial charge in [0.25, 0.3) is 0 Å². The third-order valence-electron chi connectivity index (χ3n) is 8.67. The molecule has 0 N–H and O–H groups in total. The van der Waals surface area contributed by atoms with Crippen LogP contribution in [0, 0.1) is 28.6 Å². The Balaban J connectivity index is 1.56. The van der Waals surface area contributed by atoms with Gasteiger partial charge in [-0.1, -0.05) is 19.9 Å². The van der Waals surface area contributed by atoms with Gasteiger partial charge < -0.3 is 23.4 Å². The summed E-state index contributed by atoms with van der Waals surface area (Å²) in [4.78, 5) is 53.5. The van der Waals surface area contributed by atoms with Gasteiger partial charge in [0.2, 0.25) is 5.78 Å². The van der Waals surface area contributed by atoms with Crippen molar-refractivity contribution < 1.29 is 42.5 Å². The Hall–Kier alpha value is -3.88. The number of rotatable bonds is 5. The van der Waals surface area contributed by atoms with Gasteiger partial charge in [0.15, 0.2) is 5.76 Å². The standard InChI is InChI=1S/C29H30O9/c1-28-10-8-19-27(33)38-22(17-9-11-36-15-17)14-29(19,2)24(28)23(30)21(13-20(28)26(32)35-4)37-25(31)16-6-5-7-18(12-16)34-3/h5-7,9,11-13,15,19-20,22,24H,8,10,14H2,1-4H3/t19-,20-,22-,24-,28-,29-/m0/s1. The first-order chi connectivity index (χ1) is 18.1. The second kappa shape index (κ2) is 9.45. The Labute approximate surface area is 220 Å². The number of methoxy groups -OCH3 is 2. The van der Waals surface area contributed by atoms with Gasteiger partial charge in [0, 0.05) is 11.5 Å². The van der Waals surface area contributed by atoms with E-state index in [2.05, 4.69) is 0 Å². The minimum Gasteiger partial charge on any atom is -0.497 e. The van der Waals surface area contributed by atoms with Crippen molar-refractivity contribution in [2.24, 2.45) is 28.6 Å². The number of hydrogen-bond donors (Lipinski definition) is 0. The minimum atomic E-state index is -0.879. The molecule has 0 amide bonds. The lowest BCUT2D eigenvalue weighted by Gasteiger charge is -2.59. The van der Waals surface area contributed by atoms with Crippen molar-refractivity contribution in [1.82, 2.24) is 0 Å². The molecule has 2 aliphatic carbocycles. The predicted molar refractivity (Wildman–Crippen MR) is 132 cm³/mol. The Bertz CT molecular complexity index is 1310. The molecule has 1 saturated carbocycles. The fourth-order valence-corrected chi connectivity index (χ4v) is 6.80. The van der Waals surface area contributed by atoms with Crippen LogP contribution in [0.15, 0.2) is 59.1 Å². The van der Waals surface area contributed by atoms with Crippen molar-refractivity contribution in [2.45, 2.75) is 39.2 Å². The number of Topliss-reactive ketones (excluding diaryl/α,β-unsaturated/α-hetero) is 1. The van der Waals surface area contributed by atoms with Gasteiger partial charge in [0.05, 0.1) is 44.1 Å². The maximum absolute atomic E-state index is 14.2. The molecule has 9 nitrogen and oxygen atoms in total. The molecule has 0 radical (unpaired) electrons. The molecule has 0 spiro atoms. The van der Waals surface area contributed by atoms with Crippen molar-refractivity contribution in [1.29, 1.82) is 0 Å². The molecule has 1 aromatic carbocycles. The van der Waals surface area contributed by atoms with Gasteiger partial charge in [0.1, 0.15) is 11.9 Å². The van der Waals surface area contributed by atoms with Crippen LogP contribution in [0.1, 0.15) is 55.1 Å². The Morgan fingerprint density at radius 1 is 1.08 bits per heavy atom. The average Bonchev–Trinajstić information content (AvgIpc) is 3.44. The van der Waals surface area contributed by atoms with E-state index in [9.17, 15) is 19.2 Å². The molecule has 200 valence electrons. The fourth-order valence-electron chi connectivity index (χ4n) is 6.80. The van der Waals surface area contributed by atoms with Crippen molar-refractivity contribution in [2.75, 3.05) is 14.2 Å². The molecule has 38 heavy (non-hydrogen) atoms. The van der Waals surface area contributed by atoms with E-state index >= 15 is 0 Å². The van der Waals surface area contributed by atoms with Gasteiger partial charge in [-0.3, -0.25) is 14.4 Å². The van der Waals surface area contributed by atoms with Gasteiger partial charge >= 0.3 is 17.9 Å². The molecule has 2 fully saturated rings. The van der Waals surface area contributed by atoms with Crippen molar-refractivity contribution in [3.05, 3.63) is 65.8 Å². The van der Waals surface area contributed by atoms with Crippen LogP contribution in [0.25, 0.3) is 0 Å². The monoisotopic (exact) mass is 522 g/mol. The number of allylic oxidation sites excluding steroid dienone is 1. The van der Waals surface area contributed by atoms with E-state index in [-0.39, 0.29) is 17.3 Å². The number of hydrogen-bond acceptors (Lipinski definition) is 9. The normalized spacial score (nSPS) is 32.3. The Kier molecular flexibility index (Phi) is 6.41. The summed E-state index contributed by atoms with van der Waals surface area (Å²) >= 11 is 0. The first-order valence-electron chi connectivity index (χ1n) is 12.5. The number of carbonyl (C=O) groups is 4. The molecular formula is C29H30O9. The Morgan fingerprint density at radius 3 is 2.55 bits per heavy atom. The van der Waals surface area contributed by atoms with E-state index in [0.29, 0.717) is 30.6 Å². The highest BCUT2D eigenvalue weighted by Gasteiger charge is 2.66. The van der Waals surface area contributed by atoms with E-state index in [1.807, 2.05) is 13.8 Å². The third-order valence-corrected chi connectivity index (χ3v) is 8.67. The van der Waals surface area contributed by atoms with E-state index in [1.54, 1.807) is 24.3 Å². The van der Waals surface area contributed by atoms with Crippen LogP contribution in [-0.2, 0) is 28.6 Å². The van der Waals surface area contributed by atoms with E-state index in [0.717, 1.165) is 0 Å². The number of furan rings is 1. The largest absolute Gasteiger partial charge is 0.497 e. The summed E-state index contributed by atoms with van der Waals surface area (Å²) in [5.74, 6) is -4.09. The molecule has 5 rings (SSSR count). The summed E-state index contributed by atoms with van der Waals surface area (Å²) in [5, 5.41) is 0. The topological polar surface area (TPSA) is 118 Å². The van der Waals surface area contributed by atoms with Gasteiger partial charge in [-0.15, -0.1) is 0 Å². The van der Waals surface area contributed by atoms with Crippen LogP contribution < -0.4 is 4.74 Å². The lowest BCUT2D eigenvalue weighted by Crippen LogP contribution is -2.61. The van der Waals surface area contributed by atoms with E-state index < -0.39 is 52.4 Å². The number of ether oxygens (including phenoxy) is 4. The average molecular weight is 523 g/mol. The molecule has 1 aliphatic heterocycles. The minimum absolute atomic E-state index is 0.190. The molecule has 2 heterocycles. The summed E-state index contributed by atoms with van der Waals surface area (Å²) < 4.78 is 26.9. The number of benzene rings is 1. The number of cyclic esters (lactones) is 1. The highest BCUT2D eigenvalue weighted by Crippen LogP contribution is 2.64. The van der Waals surface area contributed by atoms with Crippen LogP contribution in [0.5, 0.6) is 5.75 Å². The smallest absolute Gasteiger partial charge is 0.343 e. The molecular weight excluding hydrogens is 492 g/mol. The number of carbonyl (C=O) groups excluding carboxylic acids is 4. The van der Waals surface area contributed by atoms with Crippen LogP contribution >= 0.6 is 0 Å². The zero-order valence-electron chi connectivity index (χ0n) is 21.7. The molecule has 6 atom stereocenters. The summed E-state index contributed by atoms with van der Waals surface area (Å²) in [7, 11) is 2.76. The molecule has 2 aromatic rings. The first kappa shape index (κ1) is 25.8. The van der Waals surface area contributed by atoms with Crippen molar-refractivity contribution in [3.8, 4) is 5.75 Å². The predicted octanol–water partition coefficient (Wildman–Crippen LogP) is 4.43. The summed E-state index contributed by atoms with van der Waals surface area (Å²) in [5.41, 5.74) is -0.858. The highest BCUT2D eigenvalue weighted by atomic mass is 16.6. The molecule has 9 heteroatoms. The van der Waals surface area contributed by atoms with E-state index in [4.69, 9.17) is 23.4 Å². The van der Waals surface area contributed by atoms with Crippen LogP contribution in [-0.4, -0.2) is 37.9 Å². The number of ketones is 1. The SMILES string of the molecule is COC(=O)[C@@H]1C=C(OC(=O)c2cccc(OC)c2)C(=O)[C@H]2[C@@]1(C)CC[C@H]1C(=O)O[C@H](c3ccoc3)C[C@]21C. The first-order valence-corrected chi connectivity index (χ1v) is 12.5. The van der Waals surface area contributed by atoms with Crippen LogP contribution in [0.3, 0.4) is 0 Å². The second-order valence-corrected chi connectivity index (χ2v) is 10.7. The zero-order chi connectivity index (χ0) is 27.2. The molecule has 3 aliphatic rings. The summed E-state index contributed by atoms with van der Waals surface area (Å²) in [6.45, 7) is 3.77. The van der Waals surface area contributed by atoms with Crippen LogP contribution in [0.4, 0.5) is 0 Å². The van der Waals surface area contributed by atoms with Crippen molar-refractivity contribution >= 4 is 23.7 Å². The summed E-state index contributed by atoms with van der Waals surface area (Å²) in [6, 6.07) is 8.10. The van der Waals surface area contributed by atoms with Gasteiger partial charge in [-0.25, -0.2) is 4.79 Å². The third kappa shape index (κ3) is 4.01. The lowest BCUT2D eigenvalue weighted by atomic mass is 9.44. The highest BCUT2D eigenvalue weighted by molar-refractivity contribution is 6.03. The number of fused-ring (bicyclic) bond motifs is 3. The zero-order valence-corrected chi connectivity index (χ0v) is 21.7. The summed E-state index contributed by atoms with van der Waals surface area (Å²) in [6.07, 6.45) is 5.03. The fraction of sp³-hybridized carbons (Fsp3) is 0.448. The Morgan fingerprint density at radius 2 is 1.87 bits per heavy atom. The second-order valence-electron chi connectivity index (χ2n) is 10.7. The van der Waals surface area contributed by atoms with Gasteiger partial charge in [-0.2, -0.15) is 0 Å². The van der Waals surface area contributed by atoms with E-state index in [1.165, 1.54) is 38.9 Å². The quantitative estimate of drug-likeness (QED) is 0.415. The lowest BCUT2D eigenvalue weighted by molar-refractivity contribution is -0.197. The molecule has 0 bridgehead atoms. The molecule has 0 unspecified atom stereocenters. The van der Waals surface area contributed by atoms with Gasteiger partial charge in [-0.05, 0) is 60.4 Å². The molecule has 1 aromatic heterocycles. The van der Waals surface area contributed by atoms with Crippen LogP contribution in [0.2, 0.25) is 0 Å². The molecule has 1 saturated heterocycles. The maximum Gasteiger partial charge on any atom is 0.343 e. The number of esters is 3.